The van der Waals surface area contributed by atoms with Gasteiger partial charge in [0.2, 0.25) is 0 Å². The van der Waals surface area contributed by atoms with Crippen LogP contribution >= 0.6 is 11.6 Å². The van der Waals surface area contributed by atoms with E-state index in [0.717, 1.165) is 28.3 Å². The fourth-order valence-electron chi connectivity index (χ4n) is 3.55. The van der Waals surface area contributed by atoms with Gasteiger partial charge in [-0.1, -0.05) is 60.1 Å². The molecule has 0 bridgehead atoms. The fraction of sp³-hybridized carbons (Fsp3) is 0.120. The van der Waals surface area contributed by atoms with Gasteiger partial charge < -0.3 is 9.88 Å². The van der Waals surface area contributed by atoms with Crippen molar-refractivity contribution in [2.45, 2.75) is 13.3 Å². The number of para-hydroxylation sites is 1. The van der Waals surface area contributed by atoms with Gasteiger partial charge in [0.05, 0.1) is 22.0 Å². The summed E-state index contributed by atoms with van der Waals surface area (Å²) >= 11 is 6.50. The molecule has 0 saturated heterocycles. The summed E-state index contributed by atoms with van der Waals surface area (Å²) in [5, 5.41) is 3.66. The smallest absolute Gasteiger partial charge is 0.253 e. The molecular formula is C25H22ClN3O. The maximum Gasteiger partial charge on any atom is 0.253 e. The summed E-state index contributed by atoms with van der Waals surface area (Å²) in [5.74, 6) is -0.105. The van der Waals surface area contributed by atoms with E-state index in [-0.39, 0.29) is 5.91 Å². The Bertz CT molecular complexity index is 1150. The predicted octanol–water partition coefficient (Wildman–Crippen LogP) is 5.47. The van der Waals surface area contributed by atoms with Crippen LogP contribution in [0.1, 0.15) is 21.7 Å². The van der Waals surface area contributed by atoms with E-state index in [1.807, 2.05) is 90.4 Å². The van der Waals surface area contributed by atoms with Gasteiger partial charge in [0.15, 0.2) is 0 Å². The van der Waals surface area contributed by atoms with Crippen LogP contribution in [-0.2, 0) is 6.42 Å². The Morgan fingerprint density at radius 1 is 1.00 bits per heavy atom. The molecule has 0 atom stereocenters. The lowest BCUT2D eigenvalue weighted by atomic mass is 10.1. The maximum absolute atomic E-state index is 13.0. The van der Waals surface area contributed by atoms with Crippen LogP contribution in [0.4, 0.5) is 0 Å². The summed E-state index contributed by atoms with van der Waals surface area (Å²) < 4.78 is 2.05. The highest BCUT2D eigenvalue weighted by Crippen LogP contribution is 2.32. The molecule has 2 aromatic heterocycles. The first-order chi connectivity index (χ1) is 14.6. The van der Waals surface area contributed by atoms with Gasteiger partial charge in [-0.05, 0) is 42.8 Å². The Hall–Kier alpha value is -3.37. The molecule has 0 spiro atoms. The molecule has 0 unspecified atom stereocenters. The zero-order chi connectivity index (χ0) is 20.9. The number of nitrogens with zero attached hydrogens (tertiary/aromatic N) is 2. The molecule has 0 radical (unpaired) electrons. The third-order valence-electron chi connectivity index (χ3n) is 5.05. The number of pyridine rings is 1. The largest absolute Gasteiger partial charge is 0.352 e. The second kappa shape index (κ2) is 8.97. The lowest BCUT2D eigenvalue weighted by Crippen LogP contribution is -2.26. The third-order valence-corrected chi connectivity index (χ3v) is 5.37. The maximum atomic E-state index is 13.0. The van der Waals surface area contributed by atoms with Gasteiger partial charge in [-0.25, -0.2) is 0 Å². The number of aromatic nitrogens is 2. The molecule has 5 heteroatoms. The van der Waals surface area contributed by atoms with E-state index >= 15 is 0 Å². The molecule has 0 aliphatic heterocycles. The van der Waals surface area contributed by atoms with E-state index in [1.165, 1.54) is 0 Å². The van der Waals surface area contributed by atoms with Gasteiger partial charge in [-0.3, -0.25) is 9.78 Å². The van der Waals surface area contributed by atoms with Crippen molar-refractivity contribution in [3.05, 3.63) is 107 Å². The fourth-order valence-corrected chi connectivity index (χ4v) is 3.77. The number of carbonyl (C=O) groups excluding carboxylic acids is 1. The van der Waals surface area contributed by atoms with E-state index in [2.05, 4.69) is 10.3 Å². The van der Waals surface area contributed by atoms with Crippen LogP contribution in [0.25, 0.3) is 16.9 Å². The van der Waals surface area contributed by atoms with Crippen molar-refractivity contribution in [2.75, 3.05) is 6.54 Å². The van der Waals surface area contributed by atoms with Crippen molar-refractivity contribution in [1.29, 1.82) is 0 Å². The summed E-state index contributed by atoms with van der Waals surface area (Å²) in [5.41, 5.74) is 5.23. The minimum absolute atomic E-state index is 0.105. The molecule has 0 aliphatic carbocycles. The lowest BCUT2D eigenvalue weighted by Gasteiger charge is -2.14. The molecule has 0 saturated carbocycles. The van der Waals surface area contributed by atoms with E-state index < -0.39 is 0 Å². The van der Waals surface area contributed by atoms with Gasteiger partial charge in [0.25, 0.3) is 5.91 Å². The molecule has 2 heterocycles. The average Bonchev–Trinajstić information content (AvgIpc) is 3.12. The van der Waals surface area contributed by atoms with Crippen molar-refractivity contribution in [1.82, 2.24) is 14.9 Å². The number of hydrogen-bond acceptors (Lipinski definition) is 2. The normalized spacial score (nSPS) is 10.7. The summed E-state index contributed by atoms with van der Waals surface area (Å²) in [6.45, 7) is 2.47. The van der Waals surface area contributed by atoms with Crippen LogP contribution in [0.2, 0.25) is 5.02 Å². The molecule has 4 aromatic rings. The Labute approximate surface area is 181 Å². The lowest BCUT2D eigenvalue weighted by molar-refractivity contribution is 0.0953. The highest BCUT2D eigenvalue weighted by Gasteiger charge is 2.20. The van der Waals surface area contributed by atoms with Gasteiger partial charge in [0, 0.05) is 30.6 Å². The zero-order valence-corrected chi connectivity index (χ0v) is 17.4. The third kappa shape index (κ3) is 4.14. The van der Waals surface area contributed by atoms with E-state index in [4.69, 9.17) is 11.6 Å². The Morgan fingerprint density at radius 2 is 1.73 bits per heavy atom. The number of hydrogen-bond donors (Lipinski definition) is 1. The SMILES string of the molecule is Cc1c(C(=O)NCCc2ccccn2)cc(-c2ccccc2)n1-c1ccccc1Cl. The molecule has 0 aliphatic rings. The summed E-state index contributed by atoms with van der Waals surface area (Å²) in [7, 11) is 0. The first kappa shape index (κ1) is 19.9. The van der Waals surface area contributed by atoms with Gasteiger partial charge in [-0.2, -0.15) is 0 Å². The van der Waals surface area contributed by atoms with E-state index in [9.17, 15) is 4.79 Å². The zero-order valence-electron chi connectivity index (χ0n) is 16.7. The summed E-state index contributed by atoms with van der Waals surface area (Å²) in [6.07, 6.45) is 2.44. The van der Waals surface area contributed by atoms with E-state index in [0.29, 0.717) is 23.6 Å². The van der Waals surface area contributed by atoms with Crippen molar-refractivity contribution in [2.24, 2.45) is 0 Å². The standard InChI is InChI=1S/C25H22ClN3O/c1-18-21(25(30)28-16-14-20-11-7-8-15-27-20)17-24(19-9-3-2-4-10-19)29(18)23-13-6-5-12-22(23)26/h2-13,15,17H,14,16H2,1H3,(H,28,30). The van der Waals surface area contributed by atoms with Crippen LogP contribution in [0.15, 0.2) is 85.1 Å². The molecule has 4 nitrogen and oxygen atoms in total. The highest BCUT2D eigenvalue weighted by molar-refractivity contribution is 6.32. The molecule has 2 aromatic carbocycles. The number of halogens is 1. The number of benzene rings is 2. The van der Waals surface area contributed by atoms with Gasteiger partial charge >= 0.3 is 0 Å². The molecule has 1 amide bonds. The van der Waals surface area contributed by atoms with Crippen LogP contribution in [0, 0.1) is 6.92 Å². The van der Waals surface area contributed by atoms with E-state index in [1.54, 1.807) is 6.20 Å². The van der Waals surface area contributed by atoms with Crippen LogP contribution in [-0.4, -0.2) is 22.0 Å². The molecular weight excluding hydrogens is 394 g/mol. The van der Waals surface area contributed by atoms with Crippen molar-refractivity contribution in [3.8, 4) is 16.9 Å². The quantitative estimate of drug-likeness (QED) is 0.453. The first-order valence-electron chi connectivity index (χ1n) is 9.86. The summed E-state index contributed by atoms with van der Waals surface area (Å²) in [6, 6.07) is 25.4. The number of amides is 1. The van der Waals surface area contributed by atoms with Crippen LogP contribution < -0.4 is 5.32 Å². The Balaban J connectivity index is 1.67. The molecule has 1 N–H and O–H groups in total. The second-order valence-corrected chi connectivity index (χ2v) is 7.42. The minimum Gasteiger partial charge on any atom is -0.352 e. The molecule has 150 valence electrons. The Kier molecular flexibility index (Phi) is 5.96. The number of nitrogens with one attached hydrogen (secondary N) is 1. The highest BCUT2D eigenvalue weighted by atomic mass is 35.5. The topological polar surface area (TPSA) is 46.9 Å². The summed E-state index contributed by atoms with van der Waals surface area (Å²) in [4.78, 5) is 17.3. The van der Waals surface area contributed by atoms with Gasteiger partial charge in [-0.15, -0.1) is 0 Å². The van der Waals surface area contributed by atoms with Crippen molar-refractivity contribution < 1.29 is 4.79 Å². The molecule has 0 fully saturated rings. The second-order valence-electron chi connectivity index (χ2n) is 7.01. The van der Waals surface area contributed by atoms with Crippen LogP contribution in [0.5, 0.6) is 0 Å². The number of rotatable bonds is 6. The van der Waals surface area contributed by atoms with Crippen LogP contribution in [0.3, 0.4) is 0 Å². The molecule has 30 heavy (non-hydrogen) atoms. The monoisotopic (exact) mass is 415 g/mol. The average molecular weight is 416 g/mol. The molecule has 4 rings (SSSR count). The minimum atomic E-state index is -0.105. The van der Waals surface area contributed by atoms with Crippen molar-refractivity contribution >= 4 is 17.5 Å². The first-order valence-corrected chi connectivity index (χ1v) is 10.2. The van der Waals surface area contributed by atoms with Crippen molar-refractivity contribution in [3.63, 3.8) is 0 Å². The number of carbonyl (C=O) groups is 1. The predicted molar refractivity (Wildman–Crippen MR) is 121 cm³/mol. The Morgan fingerprint density at radius 3 is 2.47 bits per heavy atom. The van der Waals surface area contributed by atoms with Gasteiger partial charge in [0.1, 0.15) is 0 Å².